The molecule has 0 aliphatic carbocycles. The van der Waals surface area contributed by atoms with Crippen molar-refractivity contribution < 1.29 is 18.0 Å². The second-order valence-corrected chi connectivity index (χ2v) is 3.50. The first-order valence-corrected chi connectivity index (χ1v) is 4.95. The second kappa shape index (κ2) is 4.52. The summed E-state index contributed by atoms with van der Waals surface area (Å²) in [6.07, 6.45) is -2.96. The summed E-state index contributed by atoms with van der Waals surface area (Å²) in [4.78, 5) is 11.6. The van der Waals surface area contributed by atoms with Crippen molar-refractivity contribution in [1.29, 1.82) is 0 Å². The maximum absolute atomic E-state index is 12.3. The number of benzene rings is 1. The number of halogens is 3. The molecule has 0 aliphatic heterocycles. The predicted octanol–water partition coefficient (Wildman–Crippen LogP) is 2.68. The lowest BCUT2D eigenvalue weighted by molar-refractivity contribution is -0.137. The summed E-state index contributed by atoms with van der Waals surface area (Å²) >= 11 is 0. The van der Waals surface area contributed by atoms with E-state index >= 15 is 0 Å². The third kappa shape index (κ3) is 2.68. The average molecular weight is 255 g/mol. The highest BCUT2D eigenvalue weighted by Gasteiger charge is 2.30. The number of hydrogen-bond donors (Lipinski definition) is 2. The van der Waals surface area contributed by atoms with Crippen LogP contribution in [0.15, 0.2) is 36.5 Å². The predicted molar refractivity (Wildman–Crippen MR) is 58.0 cm³/mol. The van der Waals surface area contributed by atoms with Gasteiger partial charge in [0.1, 0.15) is 5.82 Å². The van der Waals surface area contributed by atoms with Gasteiger partial charge in [-0.2, -0.15) is 18.3 Å². The third-order valence-corrected chi connectivity index (χ3v) is 2.22. The fourth-order valence-corrected chi connectivity index (χ4v) is 1.33. The number of carbonyl (C=O) groups excluding carboxylic acids is 1. The van der Waals surface area contributed by atoms with Gasteiger partial charge in [0.2, 0.25) is 0 Å². The van der Waals surface area contributed by atoms with Crippen molar-refractivity contribution in [3.05, 3.63) is 47.7 Å². The van der Waals surface area contributed by atoms with E-state index in [0.29, 0.717) is 5.82 Å². The summed E-state index contributed by atoms with van der Waals surface area (Å²) in [6, 6.07) is 5.49. The Hall–Kier alpha value is -2.31. The largest absolute Gasteiger partial charge is 0.416 e. The zero-order chi connectivity index (χ0) is 13.2. The van der Waals surface area contributed by atoms with E-state index in [1.54, 1.807) is 0 Å². The molecule has 0 bridgehead atoms. The van der Waals surface area contributed by atoms with E-state index in [9.17, 15) is 18.0 Å². The van der Waals surface area contributed by atoms with Gasteiger partial charge in [0.25, 0.3) is 5.91 Å². The third-order valence-electron chi connectivity index (χ3n) is 2.22. The molecule has 4 nitrogen and oxygen atoms in total. The van der Waals surface area contributed by atoms with Gasteiger partial charge in [-0.15, -0.1) is 0 Å². The monoisotopic (exact) mass is 255 g/mol. The summed E-state index contributed by atoms with van der Waals surface area (Å²) in [5.74, 6) is -0.132. The molecule has 0 saturated carbocycles. The van der Waals surface area contributed by atoms with Gasteiger partial charge in [-0.1, -0.05) is 0 Å². The number of aromatic nitrogens is 2. The van der Waals surface area contributed by atoms with Crippen molar-refractivity contribution in [2.75, 3.05) is 5.32 Å². The van der Waals surface area contributed by atoms with Gasteiger partial charge in [0.05, 0.1) is 11.8 Å². The minimum absolute atomic E-state index is 0.137. The van der Waals surface area contributed by atoms with E-state index in [0.717, 1.165) is 24.3 Å². The number of nitrogens with one attached hydrogen (secondary N) is 2. The summed E-state index contributed by atoms with van der Waals surface area (Å²) in [7, 11) is 0. The Kier molecular flexibility index (Phi) is 3.05. The quantitative estimate of drug-likeness (QED) is 0.866. The highest BCUT2D eigenvalue weighted by atomic mass is 19.4. The van der Waals surface area contributed by atoms with Crippen molar-refractivity contribution in [3.8, 4) is 0 Å². The highest BCUT2D eigenvalue weighted by molar-refractivity contribution is 6.03. The number of amides is 1. The summed E-state index contributed by atoms with van der Waals surface area (Å²) < 4.78 is 36.9. The first-order chi connectivity index (χ1) is 8.47. The van der Waals surface area contributed by atoms with Crippen molar-refractivity contribution in [2.24, 2.45) is 0 Å². The van der Waals surface area contributed by atoms with Crippen molar-refractivity contribution in [3.63, 3.8) is 0 Å². The fourth-order valence-electron chi connectivity index (χ4n) is 1.33. The zero-order valence-corrected chi connectivity index (χ0v) is 8.95. The summed E-state index contributed by atoms with van der Waals surface area (Å²) in [6.45, 7) is 0. The molecular formula is C11H8F3N3O. The highest BCUT2D eigenvalue weighted by Crippen LogP contribution is 2.29. The van der Waals surface area contributed by atoms with E-state index in [1.807, 2.05) is 0 Å². The zero-order valence-electron chi connectivity index (χ0n) is 8.95. The van der Waals surface area contributed by atoms with E-state index in [4.69, 9.17) is 0 Å². The van der Waals surface area contributed by atoms with Crippen LogP contribution in [0.3, 0.4) is 0 Å². The van der Waals surface area contributed by atoms with Crippen LogP contribution in [0.5, 0.6) is 0 Å². The van der Waals surface area contributed by atoms with Gasteiger partial charge in [-0.25, -0.2) is 0 Å². The molecule has 1 aromatic heterocycles. The Morgan fingerprint density at radius 2 is 1.83 bits per heavy atom. The molecule has 0 fully saturated rings. The van der Waals surface area contributed by atoms with Gasteiger partial charge in [-0.05, 0) is 24.3 Å². The smallest absolute Gasteiger partial charge is 0.307 e. The SMILES string of the molecule is O=C(Nc1ccn[nH]1)c1ccc(C(F)(F)F)cc1. The van der Waals surface area contributed by atoms with Crippen LogP contribution < -0.4 is 5.32 Å². The lowest BCUT2D eigenvalue weighted by Crippen LogP contribution is -2.13. The lowest BCUT2D eigenvalue weighted by Gasteiger charge is -2.07. The van der Waals surface area contributed by atoms with Crippen LogP contribution in [-0.4, -0.2) is 16.1 Å². The van der Waals surface area contributed by atoms with E-state index < -0.39 is 17.6 Å². The molecule has 18 heavy (non-hydrogen) atoms. The molecule has 2 aromatic rings. The Bertz CT molecular complexity index is 532. The molecule has 2 rings (SSSR count). The molecule has 0 unspecified atom stereocenters. The number of carbonyl (C=O) groups is 1. The number of hydrogen-bond acceptors (Lipinski definition) is 2. The van der Waals surface area contributed by atoms with E-state index in [-0.39, 0.29) is 5.56 Å². The molecule has 1 heterocycles. The van der Waals surface area contributed by atoms with Crippen LogP contribution in [0.25, 0.3) is 0 Å². The standard InChI is InChI=1S/C11H8F3N3O/c12-11(13,14)8-3-1-7(2-4-8)10(18)16-9-5-6-15-17-9/h1-6H,(H2,15,16,17,18). The molecule has 7 heteroatoms. The molecule has 1 amide bonds. The van der Waals surface area contributed by atoms with Gasteiger partial charge in [0.15, 0.2) is 0 Å². The number of rotatable bonds is 2. The van der Waals surface area contributed by atoms with Gasteiger partial charge < -0.3 is 5.32 Å². The topological polar surface area (TPSA) is 57.8 Å². The van der Waals surface area contributed by atoms with Gasteiger partial charge >= 0.3 is 6.18 Å². The average Bonchev–Trinajstić information content (AvgIpc) is 2.81. The van der Waals surface area contributed by atoms with Crippen LogP contribution in [0.1, 0.15) is 15.9 Å². The normalized spacial score (nSPS) is 11.3. The lowest BCUT2D eigenvalue weighted by atomic mass is 10.1. The number of anilines is 1. The van der Waals surface area contributed by atoms with Gasteiger partial charge in [-0.3, -0.25) is 9.89 Å². The molecule has 0 radical (unpaired) electrons. The number of nitrogens with zero attached hydrogens (tertiary/aromatic N) is 1. The van der Waals surface area contributed by atoms with E-state index in [2.05, 4.69) is 15.5 Å². The first-order valence-electron chi connectivity index (χ1n) is 4.95. The number of H-pyrrole nitrogens is 1. The van der Waals surface area contributed by atoms with E-state index in [1.165, 1.54) is 12.3 Å². The molecule has 0 saturated heterocycles. The minimum atomic E-state index is -4.40. The maximum Gasteiger partial charge on any atom is 0.416 e. The van der Waals surface area contributed by atoms with Crippen LogP contribution in [0.4, 0.5) is 19.0 Å². The fraction of sp³-hybridized carbons (Fsp3) is 0.0909. The molecule has 2 N–H and O–H groups in total. The Labute approximate surface area is 99.8 Å². The Balaban J connectivity index is 2.12. The molecule has 94 valence electrons. The van der Waals surface area contributed by atoms with Crippen molar-refractivity contribution in [2.45, 2.75) is 6.18 Å². The van der Waals surface area contributed by atoms with Crippen molar-refractivity contribution >= 4 is 11.7 Å². The molecular weight excluding hydrogens is 247 g/mol. The minimum Gasteiger partial charge on any atom is -0.307 e. The number of alkyl halides is 3. The van der Waals surface area contributed by atoms with Crippen LogP contribution in [0, 0.1) is 0 Å². The Morgan fingerprint density at radius 1 is 1.17 bits per heavy atom. The molecule has 0 aliphatic rings. The van der Waals surface area contributed by atoms with Crippen LogP contribution in [-0.2, 0) is 6.18 Å². The van der Waals surface area contributed by atoms with Gasteiger partial charge in [0, 0.05) is 11.6 Å². The molecule has 0 spiro atoms. The second-order valence-electron chi connectivity index (χ2n) is 3.50. The summed E-state index contributed by atoms with van der Waals surface area (Å²) in [5.41, 5.74) is -0.654. The molecule has 0 atom stereocenters. The maximum atomic E-state index is 12.3. The van der Waals surface area contributed by atoms with Crippen LogP contribution >= 0.6 is 0 Å². The van der Waals surface area contributed by atoms with Crippen molar-refractivity contribution in [1.82, 2.24) is 10.2 Å². The molecule has 1 aromatic carbocycles. The van der Waals surface area contributed by atoms with Crippen LogP contribution in [0.2, 0.25) is 0 Å². The summed E-state index contributed by atoms with van der Waals surface area (Å²) in [5, 5.41) is 8.60. The number of aromatic amines is 1. The Morgan fingerprint density at radius 3 is 2.33 bits per heavy atom. The first kappa shape index (κ1) is 12.2.